The average molecular weight is 472 g/mol. The van der Waals surface area contributed by atoms with Crippen molar-refractivity contribution in [2.75, 3.05) is 22.4 Å². The summed E-state index contributed by atoms with van der Waals surface area (Å²) >= 11 is 1.25. The summed E-state index contributed by atoms with van der Waals surface area (Å²) in [5, 5.41) is 4.90. The Labute approximate surface area is 189 Å². The maximum atomic E-state index is 12.8. The van der Waals surface area contributed by atoms with E-state index in [1.54, 1.807) is 30.3 Å². The zero-order chi connectivity index (χ0) is 22.9. The third-order valence-corrected chi connectivity index (χ3v) is 6.92. The van der Waals surface area contributed by atoms with E-state index in [0.717, 1.165) is 11.1 Å². The van der Waals surface area contributed by atoms with Crippen LogP contribution in [0.3, 0.4) is 0 Å². The number of carbonyl (C=O) groups is 2. The number of aromatic nitrogens is 1. The number of thiazole rings is 1. The number of esters is 1. The van der Waals surface area contributed by atoms with Gasteiger partial charge in [0.15, 0.2) is 5.13 Å². The Bertz CT molecular complexity index is 1270. The summed E-state index contributed by atoms with van der Waals surface area (Å²) in [5.41, 5.74) is 3.67. The molecule has 2 aromatic carbocycles. The minimum atomic E-state index is -3.31. The molecule has 1 atom stereocenters. The quantitative estimate of drug-likeness (QED) is 0.553. The normalized spacial score (nSPS) is 14.0. The van der Waals surface area contributed by atoms with Gasteiger partial charge in [-0.05, 0) is 24.1 Å². The van der Waals surface area contributed by atoms with E-state index in [4.69, 9.17) is 4.74 Å². The molecular formula is C22H21N3O5S2. The van der Waals surface area contributed by atoms with E-state index in [-0.39, 0.29) is 0 Å². The molecule has 0 saturated carbocycles. The topological polar surface area (TPSA) is 106 Å². The Kier molecular flexibility index (Phi) is 5.98. The van der Waals surface area contributed by atoms with Crippen molar-refractivity contribution in [3.8, 4) is 11.3 Å². The molecule has 1 amide bonds. The van der Waals surface area contributed by atoms with Gasteiger partial charge in [0.25, 0.3) is 5.91 Å². The van der Waals surface area contributed by atoms with Gasteiger partial charge >= 0.3 is 5.97 Å². The lowest BCUT2D eigenvalue weighted by molar-refractivity contribution is -0.152. The summed E-state index contributed by atoms with van der Waals surface area (Å²) in [7, 11) is -3.31. The van der Waals surface area contributed by atoms with E-state index in [9.17, 15) is 18.0 Å². The SMILES string of the molecule is CC(=O)O[C@@H](C(=O)Nc1nc(-c2ccc3c(c2)CCN3S(C)(=O)=O)cs1)c1ccccc1. The van der Waals surface area contributed by atoms with Crippen molar-refractivity contribution in [1.29, 1.82) is 0 Å². The maximum Gasteiger partial charge on any atom is 0.303 e. The average Bonchev–Trinajstić information content (AvgIpc) is 3.38. The number of sulfonamides is 1. The van der Waals surface area contributed by atoms with Crippen molar-refractivity contribution in [3.63, 3.8) is 0 Å². The van der Waals surface area contributed by atoms with E-state index in [0.29, 0.717) is 35.0 Å². The number of hydrogen-bond acceptors (Lipinski definition) is 7. The van der Waals surface area contributed by atoms with Gasteiger partial charge in [-0.1, -0.05) is 36.4 Å². The van der Waals surface area contributed by atoms with Crippen molar-refractivity contribution in [1.82, 2.24) is 4.98 Å². The summed E-state index contributed by atoms with van der Waals surface area (Å²) in [6.45, 7) is 1.68. The number of nitrogens with zero attached hydrogens (tertiary/aromatic N) is 2. The summed E-state index contributed by atoms with van der Waals surface area (Å²) in [6, 6.07) is 14.3. The van der Waals surface area contributed by atoms with E-state index >= 15 is 0 Å². The van der Waals surface area contributed by atoms with E-state index in [2.05, 4.69) is 10.3 Å². The number of fused-ring (bicyclic) bond motifs is 1. The molecule has 3 aromatic rings. The Hall–Kier alpha value is -3.24. The highest BCUT2D eigenvalue weighted by atomic mass is 32.2. The molecule has 1 aliphatic heterocycles. The van der Waals surface area contributed by atoms with Crippen LogP contribution in [0.5, 0.6) is 0 Å². The standard InChI is InChI=1S/C22H21N3O5S2/c1-14(26)30-20(15-6-4-3-5-7-15)21(27)24-22-23-18(13-31-22)16-8-9-19-17(12-16)10-11-25(19)32(2,28)29/h3-9,12-13,20H,10-11H2,1-2H3,(H,23,24,27)/t20-/m1/s1. The molecular weight excluding hydrogens is 450 g/mol. The Morgan fingerprint density at radius 3 is 2.62 bits per heavy atom. The molecule has 32 heavy (non-hydrogen) atoms. The predicted octanol–water partition coefficient (Wildman–Crippen LogP) is 3.38. The molecule has 0 radical (unpaired) electrons. The second kappa shape index (κ2) is 8.71. The molecule has 1 aliphatic rings. The van der Waals surface area contributed by atoms with Crippen LogP contribution in [0.25, 0.3) is 11.3 Å². The lowest BCUT2D eigenvalue weighted by Crippen LogP contribution is -2.27. The van der Waals surface area contributed by atoms with E-state index in [1.807, 2.05) is 23.6 Å². The van der Waals surface area contributed by atoms with Gasteiger partial charge in [-0.3, -0.25) is 19.2 Å². The van der Waals surface area contributed by atoms with Crippen LogP contribution in [-0.4, -0.2) is 38.1 Å². The van der Waals surface area contributed by atoms with Gasteiger partial charge in [0.2, 0.25) is 16.1 Å². The summed E-state index contributed by atoms with van der Waals surface area (Å²) in [6.07, 6.45) is 0.748. The van der Waals surface area contributed by atoms with E-state index in [1.165, 1.54) is 28.8 Å². The van der Waals surface area contributed by atoms with Crippen molar-refractivity contribution in [2.24, 2.45) is 0 Å². The molecule has 2 heterocycles. The van der Waals surface area contributed by atoms with Crippen molar-refractivity contribution in [2.45, 2.75) is 19.4 Å². The van der Waals surface area contributed by atoms with Gasteiger partial charge in [0.05, 0.1) is 17.6 Å². The first kappa shape index (κ1) is 22.0. The smallest absolute Gasteiger partial charge is 0.303 e. The zero-order valence-electron chi connectivity index (χ0n) is 17.4. The summed E-state index contributed by atoms with van der Waals surface area (Å²) < 4.78 is 30.5. The lowest BCUT2D eigenvalue weighted by atomic mass is 10.1. The van der Waals surface area contributed by atoms with Crippen LogP contribution < -0.4 is 9.62 Å². The molecule has 1 aromatic heterocycles. The largest absolute Gasteiger partial charge is 0.447 e. The Morgan fingerprint density at radius 1 is 1.19 bits per heavy atom. The molecule has 0 fully saturated rings. The van der Waals surface area contributed by atoms with Crippen LogP contribution in [-0.2, 0) is 30.8 Å². The fourth-order valence-electron chi connectivity index (χ4n) is 3.58. The molecule has 0 spiro atoms. The lowest BCUT2D eigenvalue weighted by Gasteiger charge is -2.16. The van der Waals surface area contributed by atoms with Crippen LogP contribution in [0.15, 0.2) is 53.9 Å². The van der Waals surface area contributed by atoms with Gasteiger partial charge in [-0.25, -0.2) is 13.4 Å². The number of ether oxygens (including phenoxy) is 1. The van der Waals surface area contributed by atoms with Crippen molar-refractivity contribution in [3.05, 3.63) is 65.0 Å². The fraction of sp³-hybridized carbons (Fsp3) is 0.227. The van der Waals surface area contributed by atoms with Crippen molar-refractivity contribution >= 4 is 44.1 Å². The minimum Gasteiger partial charge on any atom is -0.447 e. The second-order valence-electron chi connectivity index (χ2n) is 7.36. The van der Waals surface area contributed by atoms with Gasteiger partial charge < -0.3 is 4.74 Å². The Balaban J connectivity index is 1.53. The minimum absolute atomic E-state index is 0.372. The van der Waals surface area contributed by atoms with Gasteiger partial charge in [0, 0.05) is 30.0 Å². The highest BCUT2D eigenvalue weighted by molar-refractivity contribution is 7.92. The number of amides is 1. The molecule has 8 nitrogen and oxygen atoms in total. The van der Waals surface area contributed by atoms with Crippen LogP contribution in [0.2, 0.25) is 0 Å². The summed E-state index contributed by atoms with van der Waals surface area (Å²) in [5.74, 6) is -1.06. The second-order valence-corrected chi connectivity index (χ2v) is 10.1. The molecule has 166 valence electrons. The van der Waals surface area contributed by atoms with E-state index < -0.39 is 28.0 Å². The number of rotatable bonds is 6. The van der Waals surface area contributed by atoms with Crippen LogP contribution in [0.4, 0.5) is 10.8 Å². The summed E-state index contributed by atoms with van der Waals surface area (Å²) in [4.78, 5) is 28.8. The number of nitrogens with one attached hydrogen (secondary N) is 1. The first-order chi connectivity index (χ1) is 15.2. The molecule has 0 bridgehead atoms. The molecule has 0 unspecified atom stereocenters. The van der Waals surface area contributed by atoms with Crippen LogP contribution in [0.1, 0.15) is 24.2 Å². The third-order valence-electron chi connectivity index (χ3n) is 4.99. The first-order valence-electron chi connectivity index (χ1n) is 9.82. The predicted molar refractivity (Wildman–Crippen MR) is 123 cm³/mol. The van der Waals surface area contributed by atoms with Crippen molar-refractivity contribution < 1.29 is 22.7 Å². The molecule has 1 N–H and O–H groups in total. The monoisotopic (exact) mass is 471 g/mol. The molecule has 10 heteroatoms. The highest BCUT2D eigenvalue weighted by Gasteiger charge is 2.27. The molecule has 0 aliphatic carbocycles. The van der Waals surface area contributed by atoms with Crippen LogP contribution in [0, 0.1) is 0 Å². The first-order valence-corrected chi connectivity index (χ1v) is 12.5. The highest BCUT2D eigenvalue weighted by Crippen LogP contribution is 2.34. The molecule has 4 rings (SSSR count). The third kappa shape index (κ3) is 4.66. The van der Waals surface area contributed by atoms with Gasteiger partial charge in [0.1, 0.15) is 0 Å². The molecule has 0 saturated heterocycles. The fourth-order valence-corrected chi connectivity index (χ4v) is 5.26. The zero-order valence-corrected chi connectivity index (χ0v) is 19.1. The van der Waals surface area contributed by atoms with Gasteiger partial charge in [-0.15, -0.1) is 11.3 Å². The van der Waals surface area contributed by atoms with Gasteiger partial charge in [-0.2, -0.15) is 0 Å². The number of anilines is 2. The van der Waals surface area contributed by atoms with Crippen LogP contribution >= 0.6 is 11.3 Å². The maximum absolute atomic E-state index is 12.8. The number of carbonyl (C=O) groups excluding carboxylic acids is 2. The Morgan fingerprint density at radius 2 is 1.94 bits per heavy atom. The number of hydrogen-bond donors (Lipinski definition) is 1. The number of benzene rings is 2.